The Morgan fingerprint density at radius 3 is 1.46 bits per heavy atom. The molecule has 0 rings (SSSR count). The fourth-order valence-electron chi connectivity index (χ4n) is 2.25. The molecule has 0 spiro atoms. The molecule has 0 aliphatic rings. The van der Waals surface area contributed by atoms with Crippen molar-refractivity contribution in [1.29, 1.82) is 0 Å². The van der Waals surface area contributed by atoms with E-state index in [0.717, 1.165) is 18.0 Å². The van der Waals surface area contributed by atoms with Gasteiger partial charge in [-0.25, -0.2) is 0 Å². The molecule has 4 nitrogen and oxygen atoms in total. The van der Waals surface area contributed by atoms with Gasteiger partial charge in [0.05, 0.1) is 23.4 Å². The van der Waals surface area contributed by atoms with E-state index in [2.05, 4.69) is 6.58 Å². The van der Waals surface area contributed by atoms with Gasteiger partial charge >= 0.3 is 8.80 Å². The molecule has 0 aromatic heterocycles. The summed E-state index contributed by atoms with van der Waals surface area (Å²) in [5.74, 6) is 0. The third-order valence-corrected chi connectivity index (χ3v) is 6.24. The first-order chi connectivity index (χ1) is 10.5. The van der Waals surface area contributed by atoms with E-state index in [1.54, 1.807) is 0 Å². The minimum Gasteiger partial charge on any atom is -0.377 e. The number of rotatable bonds is 9. The van der Waals surface area contributed by atoms with Gasteiger partial charge in [-0.05, 0) is 75.7 Å². The molecule has 0 N–H and O–H groups in total. The van der Waals surface area contributed by atoms with Crippen molar-refractivity contribution >= 4 is 8.80 Å². The van der Waals surface area contributed by atoms with Crippen molar-refractivity contribution in [3.63, 3.8) is 0 Å². The van der Waals surface area contributed by atoms with Gasteiger partial charge in [0, 0.05) is 12.7 Å². The number of hydrogen-bond donors (Lipinski definition) is 0. The minimum absolute atomic E-state index is 0.332. The molecule has 0 heterocycles. The summed E-state index contributed by atoms with van der Waals surface area (Å²) in [6.07, 6.45) is 0.835. The van der Waals surface area contributed by atoms with E-state index in [0.29, 0.717) is 13.2 Å². The molecular weight excluding hydrogens is 320 g/mol. The summed E-state index contributed by atoms with van der Waals surface area (Å²) >= 11 is 0. The standard InChI is InChI=1S/C19H40O4Si/c1-16(2)15-20-13-12-14-24(21-17(3,4)5,22-18(6,7)8)23-19(9,10)11/h1,12-15H2,2-11H3. The molecule has 0 saturated heterocycles. The Hall–Kier alpha value is -0.203. The highest BCUT2D eigenvalue weighted by atomic mass is 28.4. The van der Waals surface area contributed by atoms with Gasteiger partial charge in [0.25, 0.3) is 0 Å². The topological polar surface area (TPSA) is 36.9 Å². The van der Waals surface area contributed by atoms with Crippen LogP contribution in [-0.4, -0.2) is 38.8 Å². The van der Waals surface area contributed by atoms with E-state index < -0.39 is 8.80 Å². The monoisotopic (exact) mass is 360 g/mol. The molecule has 0 amide bonds. The molecule has 0 fully saturated rings. The maximum atomic E-state index is 6.43. The molecule has 0 atom stereocenters. The zero-order valence-electron chi connectivity index (χ0n) is 17.7. The first-order valence-corrected chi connectivity index (χ1v) is 10.8. The van der Waals surface area contributed by atoms with Gasteiger partial charge in [0.15, 0.2) is 0 Å². The Morgan fingerprint density at radius 1 is 0.792 bits per heavy atom. The van der Waals surface area contributed by atoms with E-state index in [9.17, 15) is 0 Å². The Kier molecular flexibility index (Phi) is 8.87. The van der Waals surface area contributed by atoms with Crippen molar-refractivity contribution in [2.24, 2.45) is 0 Å². The Labute approximate surface area is 151 Å². The molecule has 0 bridgehead atoms. The van der Waals surface area contributed by atoms with Crippen LogP contribution in [0.1, 0.15) is 75.7 Å². The number of ether oxygens (including phenoxy) is 1. The second-order valence-corrected chi connectivity index (χ2v) is 11.9. The predicted octanol–water partition coefficient (Wildman–Crippen LogP) is 5.35. The van der Waals surface area contributed by atoms with Crippen LogP contribution in [0, 0.1) is 0 Å². The predicted molar refractivity (Wildman–Crippen MR) is 103 cm³/mol. The molecule has 0 unspecified atom stereocenters. The molecule has 5 heteroatoms. The Bertz CT molecular complexity index is 345. The molecule has 144 valence electrons. The van der Waals surface area contributed by atoms with E-state index in [1.165, 1.54) is 0 Å². The van der Waals surface area contributed by atoms with Crippen LogP contribution in [0.3, 0.4) is 0 Å². The van der Waals surface area contributed by atoms with Crippen LogP contribution in [-0.2, 0) is 18.0 Å². The molecule has 0 radical (unpaired) electrons. The SMILES string of the molecule is C=C(C)COCCC[Si](OC(C)(C)C)(OC(C)(C)C)OC(C)(C)C. The summed E-state index contributed by atoms with van der Waals surface area (Å²) in [5, 5.41) is 0. The van der Waals surface area contributed by atoms with E-state index in [4.69, 9.17) is 18.0 Å². The first-order valence-electron chi connectivity index (χ1n) is 8.86. The first kappa shape index (κ1) is 23.8. The van der Waals surface area contributed by atoms with Gasteiger partial charge in [-0.3, -0.25) is 0 Å². The Morgan fingerprint density at radius 2 is 1.17 bits per heavy atom. The van der Waals surface area contributed by atoms with Crippen molar-refractivity contribution < 1.29 is 18.0 Å². The van der Waals surface area contributed by atoms with Crippen molar-refractivity contribution in [2.75, 3.05) is 13.2 Å². The molecule has 0 aromatic rings. The second kappa shape index (κ2) is 8.95. The van der Waals surface area contributed by atoms with E-state index >= 15 is 0 Å². The van der Waals surface area contributed by atoms with Crippen molar-refractivity contribution in [3.8, 4) is 0 Å². The molecule has 24 heavy (non-hydrogen) atoms. The molecule has 0 aliphatic heterocycles. The van der Waals surface area contributed by atoms with Crippen LogP contribution < -0.4 is 0 Å². The highest BCUT2D eigenvalue weighted by Gasteiger charge is 2.49. The van der Waals surface area contributed by atoms with Gasteiger partial charge in [-0.2, -0.15) is 0 Å². The van der Waals surface area contributed by atoms with Crippen LogP contribution in [0.25, 0.3) is 0 Å². The summed E-state index contributed by atoms with van der Waals surface area (Å²) in [6, 6.07) is 0.731. The minimum atomic E-state index is -2.88. The fraction of sp³-hybridized carbons (Fsp3) is 0.895. The van der Waals surface area contributed by atoms with Crippen LogP contribution >= 0.6 is 0 Å². The van der Waals surface area contributed by atoms with Gasteiger partial charge < -0.3 is 18.0 Å². The van der Waals surface area contributed by atoms with Gasteiger partial charge in [-0.1, -0.05) is 12.2 Å². The normalized spacial score (nSPS) is 14.1. The summed E-state index contributed by atoms with van der Waals surface area (Å²) in [5.41, 5.74) is 0.0328. The van der Waals surface area contributed by atoms with Crippen LogP contribution in [0.5, 0.6) is 0 Å². The average molecular weight is 361 g/mol. The van der Waals surface area contributed by atoms with Crippen LogP contribution in [0.15, 0.2) is 12.2 Å². The fourth-order valence-corrected chi connectivity index (χ4v) is 6.06. The lowest BCUT2D eigenvalue weighted by Gasteiger charge is -2.43. The number of hydrogen-bond acceptors (Lipinski definition) is 4. The van der Waals surface area contributed by atoms with Gasteiger partial charge in [0.2, 0.25) is 0 Å². The largest absolute Gasteiger partial charge is 0.502 e. The second-order valence-electron chi connectivity index (χ2n) is 9.44. The Balaban J connectivity index is 5.20. The van der Waals surface area contributed by atoms with Crippen molar-refractivity contribution in [1.82, 2.24) is 0 Å². The smallest absolute Gasteiger partial charge is 0.377 e. The lowest BCUT2D eigenvalue weighted by atomic mass is 10.2. The lowest BCUT2D eigenvalue weighted by molar-refractivity contribution is -0.0760. The summed E-state index contributed by atoms with van der Waals surface area (Å²) in [7, 11) is -2.88. The summed E-state index contributed by atoms with van der Waals surface area (Å²) in [4.78, 5) is 0. The average Bonchev–Trinajstić information content (AvgIpc) is 2.19. The zero-order chi connectivity index (χ0) is 19.2. The van der Waals surface area contributed by atoms with E-state index in [1.807, 2.05) is 69.2 Å². The van der Waals surface area contributed by atoms with Crippen molar-refractivity contribution in [2.45, 2.75) is 98.5 Å². The van der Waals surface area contributed by atoms with Gasteiger partial charge in [0.1, 0.15) is 0 Å². The van der Waals surface area contributed by atoms with Gasteiger partial charge in [-0.15, -0.1) is 0 Å². The highest BCUT2D eigenvalue weighted by Crippen LogP contribution is 2.32. The maximum absolute atomic E-state index is 6.43. The van der Waals surface area contributed by atoms with E-state index in [-0.39, 0.29) is 16.8 Å². The third kappa shape index (κ3) is 13.1. The molecule has 0 saturated carbocycles. The quantitative estimate of drug-likeness (QED) is 0.315. The van der Waals surface area contributed by atoms with Crippen LogP contribution in [0.2, 0.25) is 6.04 Å². The zero-order valence-corrected chi connectivity index (χ0v) is 18.7. The summed E-state index contributed by atoms with van der Waals surface area (Å²) in [6.45, 7) is 25.5. The molecule has 0 aliphatic carbocycles. The van der Waals surface area contributed by atoms with Crippen molar-refractivity contribution in [3.05, 3.63) is 12.2 Å². The molecule has 0 aromatic carbocycles. The summed E-state index contributed by atoms with van der Waals surface area (Å²) < 4.78 is 24.9. The molecular formula is C19H40O4Si. The maximum Gasteiger partial charge on any atom is 0.502 e. The highest BCUT2D eigenvalue weighted by molar-refractivity contribution is 6.61. The lowest BCUT2D eigenvalue weighted by Crippen LogP contribution is -2.57. The van der Waals surface area contributed by atoms with Crippen LogP contribution in [0.4, 0.5) is 0 Å². The third-order valence-electron chi connectivity index (χ3n) is 2.51.